The Bertz CT molecular complexity index is 1370. The minimum atomic E-state index is -1.05. The summed E-state index contributed by atoms with van der Waals surface area (Å²) in [6.07, 6.45) is 1.66. The van der Waals surface area contributed by atoms with E-state index in [1.165, 1.54) is 17.0 Å². The Kier molecular flexibility index (Phi) is 7.72. The van der Waals surface area contributed by atoms with E-state index in [1.54, 1.807) is 43.5 Å². The molecule has 6 nitrogen and oxygen atoms in total. The Hall–Kier alpha value is -2.97. The minimum absolute atomic E-state index is 0.112. The zero-order valence-electron chi connectivity index (χ0n) is 18.2. The van der Waals surface area contributed by atoms with Gasteiger partial charge in [-0.2, -0.15) is 0 Å². The lowest BCUT2D eigenvalue weighted by Gasteiger charge is -2.12. The van der Waals surface area contributed by atoms with Crippen LogP contribution in [0.1, 0.15) is 21.5 Å². The highest BCUT2D eigenvalue weighted by atomic mass is 35.5. The molecule has 3 aromatic carbocycles. The van der Waals surface area contributed by atoms with E-state index in [-0.39, 0.29) is 18.1 Å². The van der Waals surface area contributed by atoms with Crippen LogP contribution < -0.4 is 4.74 Å². The second-order valence-corrected chi connectivity index (χ2v) is 9.65. The van der Waals surface area contributed by atoms with Crippen LogP contribution in [0.25, 0.3) is 6.08 Å². The molecule has 0 unspecified atom stereocenters. The van der Waals surface area contributed by atoms with Crippen LogP contribution in [0.5, 0.6) is 5.75 Å². The summed E-state index contributed by atoms with van der Waals surface area (Å²) in [6, 6.07) is 16.8. The highest BCUT2D eigenvalue weighted by Crippen LogP contribution is 2.38. The van der Waals surface area contributed by atoms with Crippen molar-refractivity contribution in [3.05, 3.63) is 97.3 Å². The predicted molar refractivity (Wildman–Crippen MR) is 141 cm³/mol. The van der Waals surface area contributed by atoms with Crippen LogP contribution >= 0.6 is 46.6 Å². The third kappa shape index (κ3) is 5.82. The first-order valence-electron chi connectivity index (χ1n) is 10.2. The molecule has 1 aliphatic rings. The molecule has 178 valence electrons. The average Bonchev–Trinajstić information content (AvgIpc) is 3.07. The Labute approximate surface area is 220 Å². The molecule has 0 aliphatic carbocycles. The lowest BCUT2D eigenvalue weighted by molar-refractivity contribution is -0.121. The first kappa shape index (κ1) is 25.1. The van der Waals surface area contributed by atoms with E-state index in [4.69, 9.17) is 39.5 Å². The van der Waals surface area contributed by atoms with Crippen molar-refractivity contribution in [1.29, 1.82) is 0 Å². The van der Waals surface area contributed by atoms with E-state index in [0.29, 0.717) is 42.1 Å². The van der Waals surface area contributed by atoms with Crippen molar-refractivity contribution in [2.75, 3.05) is 7.05 Å². The van der Waals surface area contributed by atoms with Gasteiger partial charge in [0.1, 0.15) is 6.61 Å². The van der Waals surface area contributed by atoms with Crippen molar-refractivity contribution < 1.29 is 19.4 Å². The highest BCUT2D eigenvalue weighted by molar-refractivity contribution is 8.18. The second kappa shape index (κ2) is 10.7. The smallest absolute Gasteiger partial charge is 0.335 e. The largest absolute Gasteiger partial charge is 0.486 e. The molecule has 0 saturated carbocycles. The summed E-state index contributed by atoms with van der Waals surface area (Å²) in [7, 11) is 1.60. The summed E-state index contributed by atoms with van der Waals surface area (Å²) >= 11 is 20.2. The Morgan fingerprint density at radius 2 is 1.77 bits per heavy atom. The second-order valence-electron chi connectivity index (χ2n) is 7.42. The van der Waals surface area contributed by atoms with Crippen molar-refractivity contribution in [3.63, 3.8) is 0 Å². The fourth-order valence-corrected chi connectivity index (χ4v) is 4.98. The average molecular weight is 548 g/mol. The first-order chi connectivity index (χ1) is 16.7. The number of halogens is 3. The number of carboxylic acid groups (broad SMARTS) is 1. The zero-order chi connectivity index (χ0) is 25.1. The number of amidine groups is 1. The molecule has 0 spiro atoms. The van der Waals surface area contributed by atoms with E-state index >= 15 is 0 Å². The standard InChI is InChI=1S/C25H17Cl3N2O4S/c1-30-23(31)21(35-25(30)29-17-7-4-6-15(12-17)24(32)33)11-14-9-19(27)22(20(28)10-14)34-13-16-5-2-3-8-18(16)26/h2-12H,13H2,1H3,(H,32,33)/b21-11-,29-25?. The number of rotatable bonds is 6. The van der Waals surface area contributed by atoms with Gasteiger partial charge in [0.15, 0.2) is 10.9 Å². The van der Waals surface area contributed by atoms with E-state index in [9.17, 15) is 14.7 Å². The van der Waals surface area contributed by atoms with Gasteiger partial charge >= 0.3 is 5.97 Å². The predicted octanol–water partition coefficient (Wildman–Crippen LogP) is 7.16. The molecule has 0 bridgehead atoms. The molecule has 0 atom stereocenters. The van der Waals surface area contributed by atoms with Gasteiger partial charge in [-0.15, -0.1) is 0 Å². The number of aromatic carboxylic acids is 1. The maximum atomic E-state index is 12.8. The number of hydrogen-bond acceptors (Lipinski definition) is 5. The summed E-state index contributed by atoms with van der Waals surface area (Å²) < 4.78 is 5.80. The van der Waals surface area contributed by atoms with Crippen LogP contribution in [0.2, 0.25) is 15.1 Å². The fraction of sp³-hybridized carbons (Fsp3) is 0.0800. The molecule has 0 aromatic heterocycles. The number of aliphatic imine (C=N–C) groups is 1. The zero-order valence-corrected chi connectivity index (χ0v) is 21.3. The van der Waals surface area contributed by atoms with Crippen LogP contribution in [0.15, 0.2) is 70.6 Å². The van der Waals surface area contributed by atoms with Gasteiger partial charge in [0.25, 0.3) is 5.91 Å². The first-order valence-corrected chi connectivity index (χ1v) is 12.1. The number of hydrogen-bond donors (Lipinski definition) is 1. The maximum Gasteiger partial charge on any atom is 0.335 e. The number of thioether (sulfide) groups is 1. The van der Waals surface area contributed by atoms with Gasteiger partial charge in [-0.05, 0) is 59.8 Å². The van der Waals surface area contributed by atoms with E-state index in [1.807, 2.05) is 18.2 Å². The molecule has 3 aromatic rings. The van der Waals surface area contributed by atoms with E-state index in [0.717, 1.165) is 17.3 Å². The van der Waals surface area contributed by atoms with Gasteiger partial charge in [0.2, 0.25) is 0 Å². The van der Waals surface area contributed by atoms with Gasteiger partial charge in [0, 0.05) is 17.6 Å². The highest BCUT2D eigenvalue weighted by Gasteiger charge is 2.30. The van der Waals surface area contributed by atoms with Crippen molar-refractivity contribution in [2.24, 2.45) is 4.99 Å². The summed E-state index contributed by atoms with van der Waals surface area (Å²) in [4.78, 5) is 30.2. The molecule has 4 rings (SSSR count). The van der Waals surface area contributed by atoms with E-state index in [2.05, 4.69) is 4.99 Å². The monoisotopic (exact) mass is 546 g/mol. The fourth-order valence-electron chi connectivity index (χ4n) is 3.19. The number of nitrogens with zero attached hydrogens (tertiary/aromatic N) is 2. The molecule has 1 heterocycles. The van der Waals surface area contributed by atoms with Crippen LogP contribution in [-0.2, 0) is 11.4 Å². The van der Waals surface area contributed by atoms with E-state index < -0.39 is 5.97 Å². The molecule has 1 saturated heterocycles. The number of likely N-dealkylation sites (N-methyl/N-ethyl adjacent to an activating group) is 1. The molecule has 1 amide bonds. The van der Waals surface area contributed by atoms with Gasteiger partial charge in [-0.25, -0.2) is 9.79 Å². The number of carbonyl (C=O) groups excluding carboxylic acids is 1. The lowest BCUT2D eigenvalue weighted by Crippen LogP contribution is -2.23. The third-order valence-electron chi connectivity index (χ3n) is 4.97. The van der Waals surface area contributed by atoms with Gasteiger partial charge < -0.3 is 9.84 Å². The number of benzene rings is 3. The number of amides is 1. The molecule has 1 aliphatic heterocycles. The number of carboxylic acids is 1. The third-order valence-corrected chi connectivity index (χ3v) is 6.96. The summed E-state index contributed by atoms with van der Waals surface area (Å²) in [5, 5.41) is 10.8. The van der Waals surface area contributed by atoms with Crippen molar-refractivity contribution in [3.8, 4) is 5.75 Å². The number of carbonyl (C=O) groups is 2. The van der Waals surface area contributed by atoms with Gasteiger partial charge in [-0.1, -0.05) is 59.1 Å². The van der Waals surface area contributed by atoms with Crippen LogP contribution in [0.3, 0.4) is 0 Å². The molecule has 10 heteroatoms. The summed E-state index contributed by atoms with van der Waals surface area (Å²) in [5.41, 5.74) is 1.95. The van der Waals surface area contributed by atoms with Gasteiger partial charge in [0.05, 0.1) is 26.2 Å². The Balaban J connectivity index is 1.55. The van der Waals surface area contributed by atoms with Crippen molar-refractivity contribution in [2.45, 2.75) is 6.61 Å². The van der Waals surface area contributed by atoms with Crippen molar-refractivity contribution >= 4 is 75.4 Å². The molecular weight excluding hydrogens is 531 g/mol. The SMILES string of the molecule is CN1C(=O)/C(=C/c2cc(Cl)c(OCc3ccccc3Cl)c(Cl)c2)SC1=Nc1cccc(C(=O)O)c1. The maximum absolute atomic E-state index is 12.8. The minimum Gasteiger partial charge on any atom is -0.486 e. The summed E-state index contributed by atoms with van der Waals surface area (Å²) in [5.74, 6) is -0.989. The lowest BCUT2D eigenvalue weighted by atomic mass is 10.2. The van der Waals surface area contributed by atoms with Crippen LogP contribution in [-0.4, -0.2) is 34.1 Å². The molecule has 35 heavy (non-hydrogen) atoms. The molecular formula is C25H17Cl3N2O4S. The normalized spacial score (nSPS) is 15.8. The Morgan fingerprint density at radius 1 is 1.06 bits per heavy atom. The molecule has 1 fully saturated rings. The van der Waals surface area contributed by atoms with Crippen LogP contribution in [0, 0.1) is 0 Å². The van der Waals surface area contributed by atoms with Crippen LogP contribution in [0.4, 0.5) is 5.69 Å². The van der Waals surface area contributed by atoms with Crippen molar-refractivity contribution in [1.82, 2.24) is 4.90 Å². The molecule has 0 radical (unpaired) electrons. The number of ether oxygens (including phenoxy) is 1. The Morgan fingerprint density at radius 3 is 2.46 bits per heavy atom. The molecule has 1 N–H and O–H groups in total. The topological polar surface area (TPSA) is 79.2 Å². The summed E-state index contributed by atoms with van der Waals surface area (Å²) in [6.45, 7) is 0.196. The quantitative estimate of drug-likeness (QED) is 0.331. The van der Waals surface area contributed by atoms with Gasteiger partial charge in [-0.3, -0.25) is 9.69 Å².